The van der Waals surface area contributed by atoms with Crippen LogP contribution in [0, 0.1) is 0 Å². The van der Waals surface area contributed by atoms with E-state index in [1.807, 2.05) is 6.92 Å². The van der Waals surface area contributed by atoms with Gasteiger partial charge in [-0.1, -0.05) is 30.1 Å². The van der Waals surface area contributed by atoms with E-state index in [9.17, 15) is 9.59 Å². The maximum atomic E-state index is 12.1. The number of anilines is 1. The summed E-state index contributed by atoms with van der Waals surface area (Å²) in [6.45, 7) is 2.39. The summed E-state index contributed by atoms with van der Waals surface area (Å²) in [7, 11) is 0. The zero-order valence-corrected chi connectivity index (χ0v) is 12.8. The van der Waals surface area contributed by atoms with Crippen molar-refractivity contribution in [3.8, 4) is 0 Å². The first-order valence-electron chi connectivity index (χ1n) is 6.35. The van der Waals surface area contributed by atoms with Crippen LogP contribution in [0.4, 0.5) is 5.69 Å². The summed E-state index contributed by atoms with van der Waals surface area (Å²) in [5.41, 5.74) is 0.380. The molecule has 2 aromatic rings. The maximum Gasteiger partial charge on any atom is 0.276 e. The molecule has 0 bridgehead atoms. The highest BCUT2D eigenvalue weighted by Crippen LogP contribution is 2.22. The van der Waals surface area contributed by atoms with Crippen molar-refractivity contribution in [2.24, 2.45) is 0 Å². The van der Waals surface area contributed by atoms with Crippen molar-refractivity contribution in [1.29, 1.82) is 0 Å². The summed E-state index contributed by atoms with van der Waals surface area (Å²) in [5.74, 6) is -0.432. The van der Waals surface area contributed by atoms with Crippen LogP contribution in [-0.2, 0) is 6.54 Å². The van der Waals surface area contributed by atoms with E-state index in [1.165, 1.54) is 16.8 Å². The third-order valence-electron chi connectivity index (χ3n) is 2.66. The Kier molecular flexibility index (Phi) is 4.98. The zero-order chi connectivity index (χ0) is 15.4. The van der Waals surface area contributed by atoms with E-state index < -0.39 is 5.91 Å². The van der Waals surface area contributed by atoms with Gasteiger partial charge >= 0.3 is 0 Å². The second kappa shape index (κ2) is 6.74. The molecule has 0 atom stereocenters. The number of aromatic nitrogens is 2. The van der Waals surface area contributed by atoms with Crippen molar-refractivity contribution >= 4 is 34.8 Å². The molecule has 1 amide bonds. The molecule has 1 heterocycles. The third kappa shape index (κ3) is 4.06. The largest absolute Gasteiger partial charge is 0.320 e. The van der Waals surface area contributed by atoms with Gasteiger partial charge < -0.3 is 5.32 Å². The smallest absolute Gasteiger partial charge is 0.276 e. The summed E-state index contributed by atoms with van der Waals surface area (Å²) >= 11 is 11.7. The standard InChI is InChI=1S/C14H13Cl2N3O2/c1-2-5-19-13(20)4-3-12(18-19)14(21)17-11-7-9(15)6-10(16)8-11/h3-4,6-8H,2,5H2,1H3,(H,17,21). The third-order valence-corrected chi connectivity index (χ3v) is 3.09. The highest BCUT2D eigenvalue weighted by molar-refractivity contribution is 6.35. The van der Waals surface area contributed by atoms with Crippen molar-refractivity contribution in [3.05, 3.63) is 56.4 Å². The second-order valence-electron chi connectivity index (χ2n) is 4.39. The summed E-state index contributed by atoms with van der Waals surface area (Å²) in [6.07, 6.45) is 0.752. The van der Waals surface area contributed by atoms with Gasteiger partial charge in [0.2, 0.25) is 0 Å². The van der Waals surface area contributed by atoms with Crippen LogP contribution in [0.5, 0.6) is 0 Å². The Hall–Kier alpha value is -1.85. The Morgan fingerprint density at radius 3 is 2.52 bits per heavy atom. The lowest BCUT2D eigenvalue weighted by molar-refractivity contribution is 0.102. The van der Waals surface area contributed by atoms with Gasteiger partial charge in [-0.3, -0.25) is 9.59 Å². The van der Waals surface area contributed by atoms with Crippen molar-refractivity contribution in [1.82, 2.24) is 9.78 Å². The lowest BCUT2D eigenvalue weighted by Gasteiger charge is -2.08. The van der Waals surface area contributed by atoms with E-state index in [2.05, 4.69) is 10.4 Å². The molecular weight excluding hydrogens is 313 g/mol. The predicted molar refractivity (Wildman–Crippen MR) is 83.2 cm³/mol. The first-order chi connectivity index (χ1) is 9.99. The van der Waals surface area contributed by atoms with Crippen LogP contribution in [0.1, 0.15) is 23.8 Å². The Balaban J connectivity index is 2.24. The van der Waals surface area contributed by atoms with Crippen LogP contribution in [-0.4, -0.2) is 15.7 Å². The van der Waals surface area contributed by atoms with Gasteiger partial charge in [-0.15, -0.1) is 0 Å². The van der Waals surface area contributed by atoms with Crippen molar-refractivity contribution in [3.63, 3.8) is 0 Å². The van der Waals surface area contributed by atoms with Gasteiger partial charge in [0.15, 0.2) is 0 Å². The number of carbonyl (C=O) groups excluding carboxylic acids is 1. The van der Waals surface area contributed by atoms with Gasteiger partial charge in [0.05, 0.1) is 0 Å². The van der Waals surface area contributed by atoms with Gasteiger partial charge in [-0.2, -0.15) is 5.10 Å². The van der Waals surface area contributed by atoms with E-state index in [0.717, 1.165) is 6.42 Å². The molecule has 0 spiro atoms. The summed E-state index contributed by atoms with van der Waals surface area (Å²) in [6, 6.07) is 7.43. The van der Waals surface area contributed by atoms with Crippen LogP contribution >= 0.6 is 23.2 Å². The fourth-order valence-electron chi connectivity index (χ4n) is 1.76. The number of rotatable bonds is 4. The Morgan fingerprint density at radius 1 is 1.24 bits per heavy atom. The molecule has 0 unspecified atom stereocenters. The number of hydrogen-bond donors (Lipinski definition) is 1. The molecular formula is C14H13Cl2N3O2. The normalized spacial score (nSPS) is 10.4. The topological polar surface area (TPSA) is 64.0 Å². The fourth-order valence-corrected chi connectivity index (χ4v) is 2.29. The van der Waals surface area contributed by atoms with Gasteiger partial charge in [0.1, 0.15) is 5.69 Å². The first-order valence-corrected chi connectivity index (χ1v) is 7.11. The van der Waals surface area contributed by atoms with Gasteiger partial charge in [0, 0.05) is 28.3 Å². The van der Waals surface area contributed by atoms with E-state index >= 15 is 0 Å². The molecule has 0 aliphatic rings. The van der Waals surface area contributed by atoms with Crippen molar-refractivity contribution in [2.75, 3.05) is 5.32 Å². The number of aryl methyl sites for hydroxylation is 1. The van der Waals surface area contributed by atoms with Gasteiger partial charge in [-0.25, -0.2) is 4.68 Å². The van der Waals surface area contributed by atoms with Crippen LogP contribution in [0.2, 0.25) is 10.0 Å². The molecule has 0 saturated carbocycles. The van der Waals surface area contributed by atoms with Gasteiger partial charge in [-0.05, 0) is 30.7 Å². The molecule has 21 heavy (non-hydrogen) atoms. The minimum Gasteiger partial charge on any atom is -0.320 e. The van der Waals surface area contributed by atoms with Crippen LogP contribution in [0.15, 0.2) is 35.1 Å². The molecule has 110 valence electrons. The molecule has 7 heteroatoms. The maximum absolute atomic E-state index is 12.1. The minimum atomic E-state index is -0.432. The lowest BCUT2D eigenvalue weighted by Crippen LogP contribution is -2.26. The molecule has 0 aliphatic carbocycles. The SMILES string of the molecule is CCCn1nc(C(=O)Nc2cc(Cl)cc(Cl)c2)ccc1=O. The zero-order valence-electron chi connectivity index (χ0n) is 11.3. The summed E-state index contributed by atoms with van der Waals surface area (Å²) < 4.78 is 1.26. The number of carbonyl (C=O) groups is 1. The minimum absolute atomic E-state index is 0.152. The molecule has 1 aromatic heterocycles. The molecule has 0 radical (unpaired) electrons. The molecule has 0 aliphatic heterocycles. The molecule has 1 N–H and O–H groups in total. The van der Waals surface area contributed by atoms with Crippen molar-refractivity contribution in [2.45, 2.75) is 19.9 Å². The number of benzene rings is 1. The van der Waals surface area contributed by atoms with Crippen LogP contribution in [0.25, 0.3) is 0 Å². The quantitative estimate of drug-likeness (QED) is 0.938. The lowest BCUT2D eigenvalue weighted by atomic mass is 10.3. The highest BCUT2D eigenvalue weighted by atomic mass is 35.5. The first kappa shape index (κ1) is 15.5. The molecule has 0 saturated heterocycles. The second-order valence-corrected chi connectivity index (χ2v) is 5.27. The average molecular weight is 326 g/mol. The highest BCUT2D eigenvalue weighted by Gasteiger charge is 2.10. The van der Waals surface area contributed by atoms with E-state index in [-0.39, 0.29) is 11.3 Å². The van der Waals surface area contributed by atoms with Crippen LogP contribution in [0.3, 0.4) is 0 Å². The van der Waals surface area contributed by atoms with Crippen LogP contribution < -0.4 is 10.9 Å². The van der Waals surface area contributed by atoms with Crippen molar-refractivity contribution < 1.29 is 4.79 Å². The van der Waals surface area contributed by atoms with Gasteiger partial charge in [0.25, 0.3) is 11.5 Å². The molecule has 1 aromatic carbocycles. The van der Waals surface area contributed by atoms with E-state index in [4.69, 9.17) is 23.2 Å². The Morgan fingerprint density at radius 2 is 1.90 bits per heavy atom. The summed E-state index contributed by atoms with van der Waals surface area (Å²) in [4.78, 5) is 23.7. The summed E-state index contributed by atoms with van der Waals surface area (Å²) in [5, 5.41) is 7.51. The number of nitrogens with zero attached hydrogens (tertiary/aromatic N) is 2. The molecule has 0 fully saturated rings. The monoisotopic (exact) mass is 325 g/mol. The number of halogens is 2. The molecule has 2 rings (SSSR count). The van der Waals surface area contributed by atoms with E-state index in [0.29, 0.717) is 22.3 Å². The number of amides is 1. The average Bonchev–Trinajstić information content (AvgIpc) is 2.40. The Labute approximate surface area is 131 Å². The fraction of sp³-hybridized carbons (Fsp3) is 0.214. The molecule has 5 nitrogen and oxygen atoms in total. The van der Waals surface area contributed by atoms with E-state index in [1.54, 1.807) is 18.2 Å². The predicted octanol–water partition coefficient (Wildman–Crippen LogP) is 3.21. The number of hydrogen-bond acceptors (Lipinski definition) is 3. The number of nitrogens with one attached hydrogen (secondary N) is 1. The Bertz CT molecular complexity index is 708.